The summed E-state index contributed by atoms with van der Waals surface area (Å²) in [7, 11) is 1.42. The van der Waals surface area contributed by atoms with Gasteiger partial charge in [-0.2, -0.15) is 0 Å². The van der Waals surface area contributed by atoms with Crippen LogP contribution in [0.4, 0.5) is 15.9 Å². The predicted octanol–water partition coefficient (Wildman–Crippen LogP) is 4.75. The van der Waals surface area contributed by atoms with Crippen LogP contribution in [-0.4, -0.2) is 27.8 Å². The van der Waals surface area contributed by atoms with Crippen molar-refractivity contribution in [2.75, 3.05) is 12.4 Å². The highest BCUT2D eigenvalue weighted by Gasteiger charge is 2.13. The van der Waals surface area contributed by atoms with Gasteiger partial charge in [-0.25, -0.2) is 14.4 Å². The molecule has 4 rings (SSSR count). The summed E-state index contributed by atoms with van der Waals surface area (Å²) in [4.78, 5) is 19.6. The van der Waals surface area contributed by atoms with E-state index in [4.69, 9.17) is 16.3 Å². The van der Waals surface area contributed by atoms with Crippen LogP contribution >= 0.6 is 11.6 Å². The third kappa shape index (κ3) is 3.16. The number of halogens is 2. The molecule has 140 valence electrons. The second-order valence-corrected chi connectivity index (χ2v) is 6.35. The number of carbonyl (C=O) groups is 1. The van der Waals surface area contributed by atoms with Crippen LogP contribution in [0.15, 0.2) is 55.0 Å². The molecule has 0 aliphatic carbocycles. The van der Waals surface area contributed by atoms with Crippen molar-refractivity contribution in [2.45, 2.75) is 0 Å². The summed E-state index contributed by atoms with van der Waals surface area (Å²) in [6.45, 7) is 0. The number of benzene rings is 2. The molecule has 2 aromatic carbocycles. The Morgan fingerprint density at radius 1 is 1.21 bits per heavy atom. The van der Waals surface area contributed by atoms with Crippen molar-refractivity contribution in [3.05, 3.63) is 71.4 Å². The van der Waals surface area contributed by atoms with Crippen molar-refractivity contribution in [3.8, 4) is 17.0 Å². The second kappa shape index (κ2) is 7.28. The molecule has 2 aromatic heterocycles. The number of carbonyl (C=O) groups excluding carboxylic acids is 1. The fraction of sp³-hybridized carbons (Fsp3) is 0.0500. The quantitative estimate of drug-likeness (QED) is 0.493. The van der Waals surface area contributed by atoms with E-state index < -0.39 is 5.82 Å². The first kappa shape index (κ1) is 17.9. The van der Waals surface area contributed by atoms with E-state index in [9.17, 15) is 9.18 Å². The van der Waals surface area contributed by atoms with E-state index in [-0.39, 0.29) is 5.75 Å². The molecule has 28 heavy (non-hydrogen) atoms. The maximum Gasteiger partial charge on any atom is 0.180 e. The molecule has 0 spiro atoms. The molecule has 0 aliphatic heterocycles. The number of methoxy groups -OCH3 is 1. The lowest BCUT2D eigenvalue weighted by molar-refractivity contribution is 0.112. The molecule has 0 aliphatic rings. The number of hydrogen-bond donors (Lipinski definition) is 1. The Morgan fingerprint density at radius 3 is 2.79 bits per heavy atom. The number of aromatic nitrogens is 3. The molecule has 0 saturated carbocycles. The lowest BCUT2D eigenvalue weighted by Crippen LogP contribution is -1.99. The van der Waals surface area contributed by atoms with Crippen LogP contribution in [-0.2, 0) is 0 Å². The summed E-state index contributed by atoms with van der Waals surface area (Å²) in [5.74, 6) is 0.224. The number of nitrogens with one attached hydrogen (secondary N) is 1. The number of rotatable bonds is 5. The van der Waals surface area contributed by atoms with E-state index in [2.05, 4.69) is 15.3 Å². The Labute approximate surface area is 164 Å². The maximum atomic E-state index is 14.1. The first-order valence-electron chi connectivity index (χ1n) is 8.28. The Balaban J connectivity index is 1.73. The van der Waals surface area contributed by atoms with E-state index in [1.807, 2.05) is 0 Å². The van der Waals surface area contributed by atoms with Gasteiger partial charge in [0.15, 0.2) is 29.3 Å². The van der Waals surface area contributed by atoms with E-state index in [0.717, 1.165) is 0 Å². The van der Waals surface area contributed by atoms with Crippen LogP contribution in [0, 0.1) is 5.82 Å². The molecular weight excluding hydrogens is 383 g/mol. The van der Waals surface area contributed by atoms with Crippen LogP contribution in [0.25, 0.3) is 16.9 Å². The Hall–Kier alpha value is -3.45. The number of aldehydes is 1. The minimum atomic E-state index is -0.452. The monoisotopic (exact) mass is 396 g/mol. The molecule has 8 heteroatoms. The van der Waals surface area contributed by atoms with E-state index in [1.165, 1.54) is 13.2 Å². The summed E-state index contributed by atoms with van der Waals surface area (Å²) >= 11 is 6.08. The van der Waals surface area contributed by atoms with Gasteiger partial charge >= 0.3 is 0 Å². The average molecular weight is 397 g/mol. The second-order valence-electron chi connectivity index (χ2n) is 5.94. The SMILES string of the molecule is COc1ccc(-c2cnc3c(Nc4ccc(C=O)c(Cl)c4)nccn23)cc1F. The van der Waals surface area contributed by atoms with Gasteiger partial charge in [0.2, 0.25) is 0 Å². The van der Waals surface area contributed by atoms with Crippen molar-refractivity contribution < 1.29 is 13.9 Å². The lowest BCUT2D eigenvalue weighted by Gasteiger charge is -2.09. The molecule has 0 bridgehead atoms. The van der Waals surface area contributed by atoms with Crippen LogP contribution in [0.2, 0.25) is 5.02 Å². The van der Waals surface area contributed by atoms with Gasteiger partial charge in [0.05, 0.1) is 24.0 Å². The minimum Gasteiger partial charge on any atom is -0.494 e. The molecule has 1 N–H and O–H groups in total. The van der Waals surface area contributed by atoms with Crippen LogP contribution in [0.1, 0.15) is 10.4 Å². The number of anilines is 2. The third-order valence-corrected chi connectivity index (χ3v) is 4.59. The van der Waals surface area contributed by atoms with Crippen LogP contribution < -0.4 is 10.1 Å². The molecule has 2 heterocycles. The highest BCUT2D eigenvalue weighted by atomic mass is 35.5. The molecule has 0 amide bonds. The highest BCUT2D eigenvalue weighted by molar-refractivity contribution is 6.33. The molecule has 0 fully saturated rings. The third-order valence-electron chi connectivity index (χ3n) is 4.27. The van der Waals surface area contributed by atoms with Gasteiger partial charge in [-0.05, 0) is 36.4 Å². The van der Waals surface area contributed by atoms with Gasteiger partial charge < -0.3 is 10.1 Å². The average Bonchev–Trinajstić information content (AvgIpc) is 3.13. The maximum absolute atomic E-state index is 14.1. The summed E-state index contributed by atoms with van der Waals surface area (Å²) in [6.07, 6.45) is 5.70. The van der Waals surface area contributed by atoms with Gasteiger partial charge in [-0.3, -0.25) is 9.20 Å². The van der Waals surface area contributed by atoms with E-state index in [0.29, 0.717) is 45.3 Å². The number of imidazole rings is 1. The molecule has 0 atom stereocenters. The number of fused-ring (bicyclic) bond motifs is 1. The first-order valence-corrected chi connectivity index (χ1v) is 8.66. The summed E-state index contributed by atoms with van der Waals surface area (Å²) in [6, 6.07) is 9.71. The number of ether oxygens (including phenoxy) is 1. The van der Waals surface area contributed by atoms with Crippen molar-refractivity contribution in [3.63, 3.8) is 0 Å². The molecule has 0 saturated heterocycles. The minimum absolute atomic E-state index is 0.178. The van der Waals surface area contributed by atoms with E-state index in [1.54, 1.807) is 53.3 Å². The van der Waals surface area contributed by atoms with Crippen LogP contribution in [0.5, 0.6) is 5.75 Å². The first-order chi connectivity index (χ1) is 13.6. The molecule has 6 nitrogen and oxygen atoms in total. The summed E-state index contributed by atoms with van der Waals surface area (Å²) < 4.78 is 20.9. The van der Waals surface area contributed by atoms with Crippen molar-refractivity contribution in [1.82, 2.24) is 14.4 Å². The highest BCUT2D eigenvalue weighted by Crippen LogP contribution is 2.29. The Bertz CT molecular complexity index is 1190. The summed E-state index contributed by atoms with van der Waals surface area (Å²) in [5, 5.41) is 3.48. The topological polar surface area (TPSA) is 68.5 Å². The van der Waals surface area contributed by atoms with Gasteiger partial charge in [0.25, 0.3) is 0 Å². The van der Waals surface area contributed by atoms with Crippen LogP contribution in [0.3, 0.4) is 0 Å². The largest absolute Gasteiger partial charge is 0.494 e. The number of nitrogens with zero attached hydrogens (tertiary/aromatic N) is 3. The number of hydrogen-bond acceptors (Lipinski definition) is 5. The molecule has 4 aromatic rings. The fourth-order valence-corrected chi connectivity index (χ4v) is 3.11. The summed E-state index contributed by atoms with van der Waals surface area (Å²) in [5.41, 5.74) is 2.99. The zero-order valence-corrected chi connectivity index (χ0v) is 15.4. The van der Waals surface area contributed by atoms with E-state index >= 15 is 0 Å². The normalized spacial score (nSPS) is 10.8. The molecular formula is C20H14ClFN4O2. The fourth-order valence-electron chi connectivity index (χ4n) is 2.88. The van der Waals surface area contributed by atoms with Gasteiger partial charge in [0, 0.05) is 29.2 Å². The Morgan fingerprint density at radius 2 is 2.07 bits per heavy atom. The van der Waals surface area contributed by atoms with Gasteiger partial charge in [0.1, 0.15) is 0 Å². The van der Waals surface area contributed by atoms with Crippen molar-refractivity contribution in [1.29, 1.82) is 0 Å². The standard InChI is InChI=1S/C20H14ClFN4O2/c1-28-18-5-3-12(8-16(18)22)17-10-24-20-19(23-6-7-26(17)20)25-14-4-2-13(11-27)15(21)9-14/h2-11H,1H3,(H,23,25). The lowest BCUT2D eigenvalue weighted by atomic mass is 10.1. The zero-order valence-electron chi connectivity index (χ0n) is 14.7. The molecule has 0 unspecified atom stereocenters. The zero-order chi connectivity index (χ0) is 19.7. The van der Waals surface area contributed by atoms with Gasteiger partial charge in [-0.1, -0.05) is 11.6 Å². The smallest absolute Gasteiger partial charge is 0.180 e. The molecule has 0 radical (unpaired) electrons. The van der Waals surface area contributed by atoms with Gasteiger partial charge in [-0.15, -0.1) is 0 Å². The van der Waals surface area contributed by atoms with Crippen molar-refractivity contribution >= 4 is 35.0 Å². The van der Waals surface area contributed by atoms with Crippen molar-refractivity contribution in [2.24, 2.45) is 0 Å². The Kier molecular flexibility index (Phi) is 4.67. The predicted molar refractivity (Wildman–Crippen MR) is 105 cm³/mol.